The van der Waals surface area contributed by atoms with Crippen molar-refractivity contribution in [2.45, 2.75) is 39.2 Å². The molecule has 2 N–H and O–H groups in total. The Morgan fingerprint density at radius 1 is 1.00 bits per heavy atom. The first kappa shape index (κ1) is 14.9. The molecule has 0 aliphatic rings. The molecule has 0 aliphatic carbocycles. The Hall–Kier alpha value is -0.120. The summed E-state index contributed by atoms with van der Waals surface area (Å²) in [5.74, 6) is 0. The number of likely N-dealkylation sites (N-methyl/N-ethyl adjacent to an activating group) is 2. The van der Waals surface area contributed by atoms with Gasteiger partial charge in [-0.15, -0.1) is 0 Å². The summed E-state index contributed by atoms with van der Waals surface area (Å²) in [6, 6.07) is 0. The van der Waals surface area contributed by atoms with Crippen molar-refractivity contribution in [1.82, 2.24) is 9.80 Å². The molecule has 0 amide bonds. The Balaban J connectivity index is 4.44. The lowest BCUT2D eigenvalue weighted by Gasteiger charge is -2.42. The van der Waals surface area contributed by atoms with Crippen LogP contribution in [0.4, 0.5) is 0 Å². The van der Waals surface area contributed by atoms with Gasteiger partial charge < -0.3 is 10.6 Å². The fourth-order valence-corrected chi connectivity index (χ4v) is 2.17. The van der Waals surface area contributed by atoms with Crippen molar-refractivity contribution in [3.63, 3.8) is 0 Å². The van der Waals surface area contributed by atoms with Gasteiger partial charge in [0.25, 0.3) is 0 Å². The van der Waals surface area contributed by atoms with Gasteiger partial charge in [-0.25, -0.2) is 0 Å². The third-order valence-corrected chi connectivity index (χ3v) is 3.57. The minimum atomic E-state index is 0.213. The first-order chi connectivity index (χ1) is 7.06. The summed E-state index contributed by atoms with van der Waals surface area (Å²) in [5, 5.41) is 0. The lowest BCUT2D eigenvalue weighted by Crippen LogP contribution is -2.54. The van der Waals surface area contributed by atoms with Crippen LogP contribution in [-0.4, -0.2) is 55.6 Å². The summed E-state index contributed by atoms with van der Waals surface area (Å²) < 4.78 is 0. The highest BCUT2D eigenvalue weighted by molar-refractivity contribution is 4.89. The van der Waals surface area contributed by atoms with Gasteiger partial charge in [0.1, 0.15) is 0 Å². The predicted molar refractivity (Wildman–Crippen MR) is 68.2 cm³/mol. The second-order valence-corrected chi connectivity index (χ2v) is 4.52. The third-order valence-electron chi connectivity index (χ3n) is 3.57. The SMILES string of the molecule is CCN(CCN(C)C)C(CC)(CC)CN. The monoisotopic (exact) mass is 215 g/mol. The van der Waals surface area contributed by atoms with Crippen LogP contribution in [0.25, 0.3) is 0 Å². The maximum atomic E-state index is 5.96. The number of nitrogens with two attached hydrogens (primary N) is 1. The normalized spacial score (nSPS) is 12.8. The summed E-state index contributed by atoms with van der Waals surface area (Å²) in [6.07, 6.45) is 2.28. The summed E-state index contributed by atoms with van der Waals surface area (Å²) in [6.45, 7) is 10.8. The summed E-state index contributed by atoms with van der Waals surface area (Å²) in [7, 11) is 4.24. The van der Waals surface area contributed by atoms with Crippen molar-refractivity contribution in [1.29, 1.82) is 0 Å². The molecular formula is C12H29N3. The Morgan fingerprint density at radius 2 is 1.53 bits per heavy atom. The van der Waals surface area contributed by atoms with Crippen LogP contribution < -0.4 is 5.73 Å². The summed E-state index contributed by atoms with van der Waals surface area (Å²) in [4.78, 5) is 4.77. The largest absolute Gasteiger partial charge is 0.329 e. The van der Waals surface area contributed by atoms with E-state index in [1.165, 1.54) is 0 Å². The molecule has 92 valence electrons. The van der Waals surface area contributed by atoms with Gasteiger partial charge in [-0.2, -0.15) is 0 Å². The molecule has 0 bridgehead atoms. The predicted octanol–water partition coefficient (Wildman–Crippen LogP) is 1.39. The molecule has 0 aromatic heterocycles. The minimum absolute atomic E-state index is 0.213. The molecule has 0 saturated carbocycles. The van der Waals surface area contributed by atoms with Crippen LogP contribution in [-0.2, 0) is 0 Å². The van der Waals surface area contributed by atoms with Crippen LogP contribution in [0.15, 0.2) is 0 Å². The molecule has 0 aromatic carbocycles. The van der Waals surface area contributed by atoms with Crippen molar-refractivity contribution in [3.05, 3.63) is 0 Å². The van der Waals surface area contributed by atoms with Crippen LogP contribution in [0.1, 0.15) is 33.6 Å². The standard InChI is InChI=1S/C12H29N3/c1-6-12(7-2,11-13)15(8-3)10-9-14(4)5/h6-11,13H2,1-5H3. The number of nitrogens with zero attached hydrogens (tertiary/aromatic N) is 2. The fourth-order valence-electron chi connectivity index (χ4n) is 2.17. The highest BCUT2D eigenvalue weighted by Gasteiger charge is 2.30. The number of hydrogen-bond donors (Lipinski definition) is 1. The van der Waals surface area contributed by atoms with E-state index >= 15 is 0 Å². The summed E-state index contributed by atoms with van der Waals surface area (Å²) >= 11 is 0. The van der Waals surface area contributed by atoms with Gasteiger partial charge in [-0.3, -0.25) is 4.90 Å². The van der Waals surface area contributed by atoms with E-state index in [1.54, 1.807) is 0 Å². The van der Waals surface area contributed by atoms with E-state index in [2.05, 4.69) is 44.7 Å². The number of hydrogen-bond acceptors (Lipinski definition) is 3. The smallest absolute Gasteiger partial charge is 0.0326 e. The highest BCUT2D eigenvalue weighted by atomic mass is 15.2. The van der Waals surface area contributed by atoms with Gasteiger partial charge in [0.15, 0.2) is 0 Å². The molecule has 0 atom stereocenters. The zero-order valence-corrected chi connectivity index (χ0v) is 11.2. The lowest BCUT2D eigenvalue weighted by atomic mass is 9.90. The van der Waals surface area contributed by atoms with Crippen molar-refractivity contribution in [3.8, 4) is 0 Å². The van der Waals surface area contributed by atoms with E-state index in [-0.39, 0.29) is 5.54 Å². The fraction of sp³-hybridized carbons (Fsp3) is 1.00. The molecule has 15 heavy (non-hydrogen) atoms. The van der Waals surface area contributed by atoms with Crippen LogP contribution in [0.5, 0.6) is 0 Å². The van der Waals surface area contributed by atoms with E-state index in [0.717, 1.165) is 39.0 Å². The Bertz CT molecular complexity index is 145. The van der Waals surface area contributed by atoms with Crippen molar-refractivity contribution in [2.75, 3.05) is 40.3 Å². The first-order valence-corrected chi connectivity index (χ1v) is 6.16. The molecule has 0 aromatic rings. The molecule has 0 spiro atoms. The first-order valence-electron chi connectivity index (χ1n) is 6.16. The van der Waals surface area contributed by atoms with E-state index in [0.29, 0.717) is 0 Å². The maximum Gasteiger partial charge on any atom is 0.0326 e. The molecule has 3 nitrogen and oxygen atoms in total. The van der Waals surface area contributed by atoms with Gasteiger partial charge in [0.2, 0.25) is 0 Å². The molecule has 0 heterocycles. The molecular weight excluding hydrogens is 186 g/mol. The van der Waals surface area contributed by atoms with Crippen molar-refractivity contribution in [2.24, 2.45) is 5.73 Å². The van der Waals surface area contributed by atoms with E-state index in [1.807, 2.05) is 0 Å². The second kappa shape index (κ2) is 7.20. The Kier molecular flexibility index (Phi) is 7.14. The van der Waals surface area contributed by atoms with E-state index in [9.17, 15) is 0 Å². The van der Waals surface area contributed by atoms with Crippen LogP contribution in [0, 0.1) is 0 Å². The Labute approximate surface area is 95.6 Å². The second-order valence-electron chi connectivity index (χ2n) is 4.52. The average molecular weight is 215 g/mol. The zero-order chi connectivity index (χ0) is 11.9. The van der Waals surface area contributed by atoms with Crippen LogP contribution >= 0.6 is 0 Å². The van der Waals surface area contributed by atoms with Crippen molar-refractivity contribution < 1.29 is 0 Å². The zero-order valence-electron chi connectivity index (χ0n) is 11.2. The Morgan fingerprint density at radius 3 is 1.80 bits per heavy atom. The van der Waals surface area contributed by atoms with Gasteiger partial charge in [0, 0.05) is 25.2 Å². The van der Waals surface area contributed by atoms with E-state index < -0.39 is 0 Å². The molecule has 0 fully saturated rings. The third kappa shape index (κ3) is 4.09. The van der Waals surface area contributed by atoms with Gasteiger partial charge in [0.05, 0.1) is 0 Å². The molecule has 3 heteroatoms. The molecule has 0 radical (unpaired) electrons. The van der Waals surface area contributed by atoms with Crippen molar-refractivity contribution >= 4 is 0 Å². The van der Waals surface area contributed by atoms with Crippen LogP contribution in [0.3, 0.4) is 0 Å². The maximum absolute atomic E-state index is 5.96. The minimum Gasteiger partial charge on any atom is -0.329 e. The van der Waals surface area contributed by atoms with Gasteiger partial charge in [-0.05, 0) is 33.5 Å². The topological polar surface area (TPSA) is 32.5 Å². The molecule has 0 unspecified atom stereocenters. The quantitative estimate of drug-likeness (QED) is 0.664. The molecule has 0 saturated heterocycles. The van der Waals surface area contributed by atoms with Crippen LogP contribution in [0.2, 0.25) is 0 Å². The molecule has 0 rings (SSSR count). The molecule has 0 aliphatic heterocycles. The van der Waals surface area contributed by atoms with Gasteiger partial charge >= 0.3 is 0 Å². The lowest BCUT2D eigenvalue weighted by molar-refractivity contribution is 0.0832. The van der Waals surface area contributed by atoms with E-state index in [4.69, 9.17) is 5.73 Å². The van der Waals surface area contributed by atoms with Gasteiger partial charge in [-0.1, -0.05) is 20.8 Å². The average Bonchev–Trinajstić information content (AvgIpc) is 2.24. The highest BCUT2D eigenvalue weighted by Crippen LogP contribution is 2.22. The summed E-state index contributed by atoms with van der Waals surface area (Å²) in [5.41, 5.74) is 6.17. The number of rotatable bonds is 8.